The van der Waals surface area contributed by atoms with Gasteiger partial charge in [0.2, 0.25) is 5.91 Å². The molecule has 1 atom stereocenters. The van der Waals surface area contributed by atoms with E-state index in [1.165, 1.54) is 19.4 Å². The summed E-state index contributed by atoms with van der Waals surface area (Å²) < 4.78 is 0. The molecule has 2 aliphatic rings. The summed E-state index contributed by atoms with van der Waals surface area (Å²) in [7, 11) is 0. The van der Waals surface area contributed by atoms with Crippen LogP contribution in [0.4, 0.5) is 11.4 Å². The molecule has 0 radical (unpaired) electrons. The van der Waals surface area contributed by atoms with Crippen molar-refractivity contribution in [1.82, 2.24) is 5.32 Å². The number of anilines is 1. The predicted molar refractivity (Wildman–Crippen MR) is 103 cm³/mol. The molecule has 3 rings (SSSR count). The van der Waals surface area contributed by atoms with Gasteiger partial charge < -0.3 is 10.2 Å². The van der Waals surface area contributed by atoms with E-state index in [1.54, 1.807) is 12.1 Å². The van der Waals surface area contributed by atoms with Crippen molar-refractivity contribution in [2.75, 3.05) is 18.0 Å². The number of Topliss-reactive ketones (excluding diaryl/α,β-unsaturated/α-hetero) is 1. The Morgan fingerprint density at radius 3 is 2.56 bits per heavy atom. The van der Waals surface area contributed by atoms with Crippen molar-refractivity contribution < 1.29 is 14.5 Å². The predicted octanol–water partition coefficient (Wildman–Crippen LogP) is 3.46. The molecule has 0 spiro atoms. The SMILES string of the molecule is CC(=O)c1ccc(N2CCCC(C(=O)NC3CCCCC3)C2)c([N+](=O)[O-])c1. The van der Waals surface area contributed by atoms with Crippen molar-refractivity contribution in [2.45, 2.75) is 57.9 Å². The third-order valence-corrected chi connectivity index (χ3v) is 5.66. The van der Waals surface area contributed by atoms with Crippen molar-refractivity contribution in [3.05, 3.63) is 33.9 Å². The van der Waals surface area contributed by atoms with Gasteiger partial charge in [-0.05, 0) is 44.7 Å². The number of benzene rings is 1. The topological polar surface area (TPSA) is 92.6 Å². The molecule has 1 saturated carbocycles. The van der Waals surface area contributed by atoms with E-state index in [2.05, 4.69) is 5.32 Å². The Bertz CT molecular complexity index is 728. The number of amides is 1. The third kappa shape index (κ3) is 4.64. The smallest absolute Gasteiger partial charge is 0.293 e. The standard InChI is InChI=1S/C20H27N3O4/c1-14(24)15-9-10-18(19(12-15)23(26)27)22-11-5-6-16(13-22)20(25)21-17-7-3-2-4-8-17/h9-10,12,16-17H,2-8,11,13H2,1H3,(H,21,25). The number of carbonyl (C=O) groups is 2. The quantitative estimate of drug-likeness (QED) is 0.485. The molecular weight excluding hydrogens is 346 g/mol. The number of piperidine rings is 1. The van der Waals surface area contributed by atoms with E-state index in [0.29, 0.717) is 24.3 Å². The number of hydrogen-bond donors (Lipinski definition) is 1. The molecular formula is C20H27N3O4. The van der Waals surface area contributed by atoms with E-state index >= 15 is 0 Å². The monoisotopic (exact) mass is 373 g/mol. The molecule has 27 heavy (non-hydrogen) atoms. The molecule has 1 saturated heterocycles. The van der Waals surface area contributed by atoms with Gasteiger partial charge in [0.05, 0.1) is 10.8 Å². The van der Waals surface area contributed by atoms with Crippen LogP contribution in [0.5, 0.6) is 0 Å². The molecule has 1 amide bonds. The second-order valence-electron chi connectivity index (χ2n) is 7.65. The molecule has 0 aromatic heterocycles. The first-order valence-electron chi connectivity index (χ1n) is 9.80. The lowest BCUT2D eigenvalue weighted by atomic mass is 9.92. The fourth-order valence-electron chi connectivity index (χ4n) is 4.13. The highest BCUT2D eigenvalue weighted by Gasteiger charge is 2.30. The molecule has 0 bridgehead atoms. The van der Waals surface area contributed by atoms with Crippen LogP contribution < -0.4 is 10.2 Å². The lowest BCUT2D eigenvalue weighted by Gasteiger charge is -2.34. The minimum atomic E-state index is -0.451. The van der Waals surface area contributed by atoms with Crippen molar-refractivity contribution >= 4 is 23.1 Å². The number of carbonyl (C=O) groups excluding carboxylic acids is 2. The Balaban J connectivity index is 1.72. The summed E-state index contributed by atoms with van der Waals surface area (Å²) >= 11 is 0. The molecule has 1 unspecified atom stereocenters. The van der Waals surface area contributed by atoms with Crippen LogP contribution in [0, 0.1) is 16.0 Å². The van der Waals surface area contributed by atoms with Crippen LogP contribution in [0.3, 0.4) is 0 Å². The van der Waals surface area contributed by atoms with Crippen LogP contribution >= 0.6 is 0 Å². The summed E-state index contributed by atoms with van der Waals surface area (Å²) in [6.45, 7) is 2.54. The number of nitrogens with one attached hydrogen (secondary N) is 1. The molecule has 146 valence electrons. The van der Waals surface area contributed by atoms with Gasteiger partial charge in [-0.3, -0.25) is 19.7 Å². The van der Waals surface area contributed by atoms with Crippen molar-refractivity contribution in [1.29, 1.82) is 0 Å². The van der Waals surface area contributed by atoms with Crippen molar-refractivity contribution in [2.24, 2.45) is 5.92 Å². The average Bonchev–Trinajstić information content (AvgIpc) is 2.68. The molecule has 1 aromatic carbocycles. The van der Waals surface area contributed by atoms with Gasteiger partial charge in [-0.25, -0.2) is 0 Å². The molecule has 2 fully saturated rings. The Morgan fingerprint density at radius 2 is 1.89 bits per heavy atom. The van der Waals surface area contributed by atoms with Crippen LogP contribution in [0.1, 0.15) is 62.2 Å². The maximum atomic E-state index is 12.7. The third-order valence-electron chi connectivity index (χ3n) is 5.66. The lowest BCUT2D eigenvalue weighted by Crippen LogP contribution is -2.46. The van der Waals surface area contributed by atoms with Gasteiger partial charge in [-0.15, -0.1) is 0 Å². The Morgan fingerprint density at radius 1 is 1.15 bits per heavy atom. The lowest BCUT2D eigenvalue weighted by molar-refractivity contribution is -0.384. The van der Waals surface area contributed by atoms with E-state index in [9.17, 15) is 19.7 Å². The number of rotatable bonds is 5. The second kappa shape index (κ2) is 8.50. The van der Waals surface area contributed by atoms with Gasteiger partial charge in [0.25, 0.3) is 5.69 Å². The molecule has 7 heteroatoms. The number of nitro benzene ring substituents is 1. The van der Waals surface area contributed by atoms with Gasteiger partial charge in [0, 0.05) is 30.8 Å². The Hall–Kier alpha value is -2.44. The molecule has 7 nitrogen and oxygen atoms in total. The van der Waals surface area contributed by atoms with Crippen molar-refractivity contribution in [3.8, 4) is 0 Å². The van der Waals surface area contributed by atoms with Gasteiger partial charge in [-0.1, -0.05) is 19.3 Å². The van der Waals surface area contributed by atoms with Crippen LogP contribution in [0.15, 0.2) is 18.2 Å². The van der Waals surface area contributed by atoms with E-state index in [1.807, 2.05) is 4.90 Å². The van der Waals surface area contributed by atoms with Crippen LogP contribution in [0.2, 0.25) is 0 Å². The highest BCUT2D eigenvalue weighted by molar-refractivity contribution is 5.95. The minimum Gasteiger partial charge on any atom is -0.365 e. The fraction of sp³-hybridized carbons (Fsp3) is 0.600. The van der Waals surface area contributed by atoms with Gasteiger partial charge in [0.1, 0.15) is 5.69 Å². The molecule has 1 heterocycles. The zero-order valence-electron chi connectivity index (χ0n) is 15.8. The van der Waals surface area contributed by atoms with E-state index in [4.69, 9.17) is 0 Å². The van der Waals surface area contributed by atoms with Crippen LogP contribution in [-0.2, 0) is 4.79 Å². The first-order valence-corrected chi connectivity index (χ1v) is 9.80. The Kier molecular flexibility index (Phi) is 6.08. The van der Waals surface area contributed by atoms with Crippen LogP contribution in [0.25, 0.3) is 0 Å². The number of nitro groups is 1. The minimum absolute atomic E-state index is 0.0645. The molecule has 1 aliphatic heterocycles. The normalized spacial score (nSPS) is 20.9. The van der Waals surface area contributed by atoms with E-state index < -0.39 is 4.92 Å². The molecule has 1 N–H and O–H groups in total. The first kappa shape index (κ1) is 19.3. The maximum Gasteiger partial charge on any atom is 0.293 e. The van der Waals surface area contributed by atoms with Crippen LogP contribution in [-0.4, -0.2) is 35.7 Å². The number of hydrogen-bond acceptors (Lipinski definition) is 5. The highest BCUT2D eigenvalue weighted by Crippen LogP contribution is 2.33. The van der Waals surface area contributed by atoms with Crippen molar-refractivity contribution in [3.63, 3.8) is 0 Å². The van der Waals surface area contributed by atoms with Gasteiger partial charge in [0.15, 0.2) is 5.78 Å². The zero-order valence-corrected chi connectivity index (χ0v) is 15.8. The largest absolute Gasteiger partial charge is 0.365 e. The first-order chi connectivity index (χ1) is 13.0. The number of nitrogens with zero attached hydrogens (tertiary/aromatic N) is 2. The second-order valence-corrected chi connectivity index (χ2v) is 7.65. The summed E-state index contributed by atoms with van der Waals surface area (Å²) in [6.07, 6.45) is 7.26. The van der Waals surface area contributed by atoms with Gasteiger partial charge in [-0.2, -0.15) is 0 Å². The zero-order chi connectivity index (χ0) is 19.4. The molecule has 1 aliphatic carbocycles. The summed E-state index contributed by atoms with van der Waals surface area (Å²) in [5.74, 6) is -0.296. The molecule has 1 aromatic rings. The summed E-state index contributed by atoms with van der Waals surface area (Å²) in [5, 5.41) is 14.7. The fourth-order valence-corrected chi connectivity index (χ4v) is 4.13. The van der Waals surface area contributed by atoms with E-state index in [0.717, 1.165) is 38.5 Å². The summed E-state index contributed by atoms with van der Waals surface area (Å²) in [5.41, 5.74) is 0.741. The van der Waals surface area contributed by atoms with E-state index in [-0.39, 0.29) is 29.3 Å². The summed E-state index contributed by atoms with van der Waals surface area (Å²) in [6, 6.07) is 4.86. The average molecular weight is 373 g/mol. The highest BCUT2D eigenvalue weighted by atomic mass is 16.6. The summed E-state index contributed by atoms with van der Waals surface area (Å²) in [4.78, 5) is 37.2. The Labute approximate surface area is 159 Å². The van der Waals surface area contributed by atoms with Gasteiger partial charge >= 0.3 is 0 Å². The number of ketones is 1. The maximum absolute atomic E-state index is 12.7.